The molecule has 0 saturated heterocycles. The first kappa shape index (κ1) is 10.7. The Hall–Kier alpha value is -0.400. The van der Waals surface area contributed by atoms with Crippen molar-refractivity contribution >= 4 is 0 Å². The minimum Gasteiger partial charge on any atom is -0.118 e. The standard InChI is InChI=1S/C11H23N2/c1-9(2,3)13-11(6,7)8-10(4,5)12-13/h8H2,1-7H3/q+1. The van der Waals surface area contributed by atoms with Crippen molar-refractivity contribution in [3.8, 4) is 0 Å². The molecule has 0 radical (unpaired) electrons. The van der Waals surface area contributed by atoms with Crippen LogP contribution < -0.4 is 0 Å². The first-order valence-electron chi connectivity index (χ1n) is 5.08. The molecule has 2 heteroatoms. The topological polar surface area (TPSA) is 15.4 Å². The van der Waals surface area contributed by atoms with Gasteiger partial charge in [-0.2, -0.15) is 0 Å². The third-order valence-electron chi connectivity index (χ3n) is 2.44. The third-order valence-corrected chi connectivity index (χ3v) is 2.44. The maximum Gasteiger partial charge on any atom is 0.185 e. The van der Waals surface area contributed by atoms with Crippen molar-refractivity contribution in [3.63, 3.8) is 0 Å². The van der Waals surface area contributed by atoms with Gasteiger partial charge in [0.05, 0.1) is 0 Å². The molecule has 0 bridgehead atoms. The SMILES string of the molecule is CC1(C)CC(C)(C)[N+](C(C)(C)C)=N1. The van der Waals surface area contributed by atoms with Crippen LogP contribution in [0.5, 0.6) is 0 Å². The van der Waals surface area contributed by atoms with Gasteiger partial charge in [-0.15, -0.1) is 4.70 Å². The second-order valence-electron chi connectivity index (χ2n) is 6.38. The zero-order valence-corrected chi connectivity index (χ0v) is 10.1. The number of nitrogens with zero attached hydrogens (tertiary/aromatic N) is 2. The summed E-state index contributed by atoms with van der Waals surface area (Å²) in [5, 5.41) is 4.78. The Kier molecular flexibility index (Phi) is 2.10. The zero-order chi connectivity index (χ0) is 10.5. The predicted octanol–water partition coefficient (Wildman–Crippen LogP) is 3.21. The molecule has 0 spiro atoms. The highest BCUT2D eigenvalue weighted by Crippen LogP contribution is 2.37. The summed E-state index contributed by atoms with van der Waals surface area (Å²) < 4.78 is 2.26. The molecule has 0 aromatic rings. The largest absolute Gasteiger partial charge is 0.185 e. The van der Waals surface area contributed by atoms with Crippen molar-refractivity contribution in [1.29, 1.82) is 0 Å². The van der Waals surface area contributed by atoms with Crippen molar-refractivity contribution in [1.82, 2.24) is 0 Å². The molecule has 0 aromatic carbocycles. The number of azo groups is 2. The van der Waals surface area contributed by atoms with Gasteiger partial charge < -0.3 is 0 Å². The highest BCUT2D eigenvalue weighted by atomic mass is 15.4. The van der Waals surface area contributed by atoms with Crippen LogP contribution in [0.1, 0.15) is 54.9 Å². The molecule has 0 unspecified atom stereocenters. The van der Waals surface area contributed by atoms with Gasteiger partial charge in [0.25, 0.3) is 0 Å². The van der Waals surface area contributed by atoms with E-state index < -0.39 is 0 Å². The molecule has 0 N–H and O–H groups in total. The van der Waals surface area contributed by atoms with Crippen molar-refractivity contribution in [2.24, 2.45) is 5.11 Å². The van der Waals surface area contributed by atoms with Crippen LogP contribution >= 0.6 is 0 Å². The molecule has 1 rings (SSSR count). The predicted molar refractivity (Wildman–Crippen MR) is 55.2 cm³/mol. The molecule has 0 aliphatic carbocycles. The molecule has 76 valence electrons. The lowest BCUT2D eigenvalue weighted by molar-refractivity contribution is -0.703. The Morgan fingerprint density at radius 3 is 1.69 bits per heavy atom. The van der Waals surface area contributed by atoms with Gasteiger partial charge in [-0.1, -0.05) is 0 Å². The van der Waals surface area contributed by atoms with Crippen LogP contribution in [-0.4, -0.2) is 21.3 Å². The monoisotopic (exact) mass is 183 g/mol. The summed E-state index contributed by atoms with van der Waals surface area (Å²) >= 11 is 0. The normalized spacial score (nSPS) is 25.9. The molecule has 1 heterocycles. The maximum atomic E-state index is 4.78. The fraction of sp³-hybridized carbons (Fsp3) is 1.00. The molecule has 0 fully saturated rings. The van der Waals surface area contributed by atoms with Crippen LogP contribution in [0.25, 0.3) is 0 Å². The molecular formula is C11H23N2+. The van der Waals surface area contributed by atoms with E-state index in [1.807, 2.05) is 0 Å². The fourth-order valence-electron chi connectivity index (χ4n) is 2.63. The Morgan fingerprint density at radius 2 is 1.54 bits per heavy atom. The lowest BCUT2D eigenvalue weighted by Crippen LogP contribution is -2.43. The van der Waals surface area contributed by atoms with E-state index in [0.717, 1.165) is 6.42 Å². The van der Waals surface area contributed by atoms with Crippen molar-refractivity contribution in [2.75, 3.05) is 0 Å². The molecular weight excluding hydrogens is 160 g/mol. The molecule has 0 aromatic heterocycles. The van der Waals surface area contributed by atoms with Gasteiger partial charge in [0.2, 0.25) is 0 Å². The van der Waals surface area contributed by atoms with Crippen molar-refractivity contribution in [2.45, 2.75) is 71.5 Å². The summed E-state index contributed by atoms with van der Waals surface area (Å²) in [5.74, 6) is 0. The smallest absolute Gasteiger partial charge is 0.118 e. The quantitative estimate of drug-likeness (QED) is 0.512. The summed E-state index contributed by atoms with van der Waals surface area (Å²) in [6.07, 6.45) is 1.14. The second-order valence-corrected chi connectivity index (χ2v) is 6.38. The average molecular weight is 183 g/mol. The summed E-state index contributed by atoms with van der Waals surface area (Å²) in [7, 11) is 0. The fourth-order valence-corrected chi connectivity index (χ4v) is 2.63. The van der Waals surface area contributed by atoms with Gasteiger partial charge in [0.15, 0.2) is 11.1 Å². The Bertz CT molecular complexity index is 241. The zero-order valence-electron chi connectivity index (χ0n) is 10.1. The van der Waals surface area contributed by atoms with Crippen LogP contribution in [0.4, 0.5) is 0 Å². The van der Waals surface area contributed by atoms with Gasteiger partial charge in [-0.05, 0) is 19.0 Å². The summed E-state index contributed by atoms with van der Waals surface area (Å²) in [6.45, 7) is 15.6. The Morgan fingerprint density at radius 1 is 1.08 bits per heavy atom. The van der Waals surface area contributed by atoms with Gasteiger partial charge in [-0.3, -0.25) is 0 Å². The molecule has 2 nitrogen and oxygen atoms in total. The van der Waals surface area contributed by atoms with E-state index in [-0.39, 0.29) is 16.6 Å². The van der Waals surface area contributed by atoms with E-state index in [1.165, 1.54) is 0 Å². The molecule has 0 amide bonds. The van der Waals surface area contributed by atoms with E-state index in [4.69, 9.17) is 5.11 Å². The van der Waals surface area contributed by atoms with Crippen LogP contribution in [0.3, 0.4) is 0 Å². The average Bonchev–Trinajstić information content (AvgIpc) is 1.97. The minimum absolute atomic E-state index is 0.108. The van der Waals surface area contributed by atoms with Crippen molar-refractivity contribution < 1.29 is 4.70 Å². The second kappa shape index (κ2) is 2.55. The van der Waals surface area contributed by atoms with E-state index in [2.05, 4.69) is 53.2 Å². The number of hydrogen-bond donors (Lipinski definition) is 0. The van der Waals surface area contributed by atoms with E-state index in [0.29, 0.717) is 0 Å². The van der Waals surface area contributed by atoms with Gasteiger partial charge in [-0.25, -0.2) is 0 Å². The molecule has 1 aliphatic rings. The third kappa shape index (κ3) is 2.09. The number of hydrogen-bond acceptors (Lipinski definition) is 1. The van der Waals surface area contributed by atoms with Crippen LogP contribution in [0.2, 0.25) is 0 Å². The van der Waals surface area contributed by atoms with Crippen LogP contribution in [0, 0.1) is 0 Å². The lowest BCUT2D eigenvalue weighted by atomic mass is 9.88. The van der Waals surface area contributed by atoms with Crippen LogP contribution in [0.15, 0.2) is 5.11 Å². The van der Waals surface area contributed by atoms with Gasteiger partial charge >= 0.3 is 0 Å². The van der Waals surface area contributed by atoms with E-state index in [1.54, 1.807) is 0 Å². The molecule has 0 saturated carbocycles. The molecule has 13 heavy (non-hydrogen) atoms. The first-order chi connectivity index (χ1) is 5.55. The van der Waals surface area contributed by atoms with Gasteiger partial charge in [0.1, 0.15) is 5.54 Å². The lowest BCUT2D eigenvalue weighted by Gasteiger charge is -2.23. The molecule has 0 atom stereocenters. The summed E-state index contributed by atoms with van der Waals surface area (Å²) in [6, 6.07) is 0. The van der Waals surface area contributed by atoms with E-state index >= 15 is 0 Å². The Balaban J connectivity index is 3.08. The number of rotatable bonds is 0. The minimum atomic E-state index is 0.108. The maximum absolute atomic E-state index is 4.78. The van der Waals surface area contributed by atoms with Gasteiger partial charge in [0, 0.05) is 41.0 Å². The summed E-state index contributed by atoms with van der Waals surface area (Å²) in [4.78, 5) is 0. The Labute approximate surface area is 82.0 Å². The van der Waals surface area contributed by atoms with Crippen molar-refractivity contribution in [3.05, 3.63) is 0 Å². The first-order valence-corrected chi connectivity index (χ1v) is 5.08. The van der Waals surface area contributed by atoms with Crippen LogP contribution in [-0.2, 0) is 0 Å². The molecule has 1 aliphatic heterocycles. The van der Waals surface area contributed by atoms with E-state index in [9.17, 15) is 0 Å². The highest BCUT2D eigenvalue weighted by Gasteiger charge is 2.51. The highest BCUT2D eigenvalue weighted by molar-refractivity contribution is 4.88. The summed E-state index contributed by atoms with van der Waals surface area (Å²) in [5.41, 5.74) is 0.440.